The molecular weight excluding hydrogens is 474 g/mol. The molecule has 0 radical (unpaired) electrons. The standard InChI is InChI=1S/C28H39N3O4S/c1-3-20(32)18-30-24(33)17-19-5-6-23-25(19)26-22(9-12-29-27(26)36-23)35-21-7-10-28(4-2,11-8-21)31-13-15-34-16-14-31/h9,12,19,21H,3-8,10-11,13-18H2,1-2H3,(H,30,33)/t19-,21?,28?/m1/s1. The van der Waals surface area contributed by atoms with Gasteiger partial charge in [0.05, 0.1) is 31.2 Å². The molecule has 7 nitrogen and oxygen atoms in total. The van der Waals surface area contributed by atoms with E-state index in [0.717, 1.165) is 80.8 Å². The highest BCUT2D eigenvalue weighted by atomic mass is 32.1. The van der Waals surface area contributed by atoms with Gasteiger partial charge >= 0.3 is 0 Å². The van der Waals surface area contributed by atoms with Crippen molar-refractivity contribution in [2.75, 3.05) is 32.8 Å². The Morgan fingerprint density at radius 3 is 2.72 bits per heavy atom. The van der Waals surface area contributed by atoms with Crippen LogP contribution in [0.15, 0.2) is 12.3 Å². The van der Waals surface area contributed by atoms with Crippen LogP contribution in [-0.4, -0.2) is 66.1 Å². The Morgan fingerprint density at radius 1 is 1.22 bits per heavy atom. The van der Waals surface area contributed by atoms with Crippen LogP contribution in [0.1, 0.15) is 81.6 Å². The number of aromatic nitrogens is 1. The van der Waals surface area contributed by atoms with E-state index < -0.39 is 0 Å². The summed E-state index contributed by atoms with van der Waals surface area (Å²) in [5, 5.41) is 3.92. The molecule has 0 spiro atoms. The van der Waals surface area contributed by atoms with Crippen LogP contribution in [0.3, 0.4) is 0 Å². The SMILES string of the molecule is CCC(=O)CNC(=O)C[C@H]1CCc2sc3nccc(OC4CCC(CC)(N5CCOCC5)CC4)c3c21. The zero-order valence-corrected chi connectivity index (χ0v) is 22.5. The number of amides is 1. The van der Waals surface area contributed by atoms with Crippen molar-refractivity contribution in [1.29, 1.82) is 0 Å². The van der Waals surface area contributed by atoms with Crippen molar-refractivity contribution in [1.82, 2.24) is 15.2 Å². The van der Waals surface area contributed by atoms with Gasteiger partial charge in [-0.2, -0.15) is 0 Å². The van der Waals surface area contributed by atoms with Crippen molar-refractivity contribution in [3.05, 3.63) is 22.7 Å². The van der Waals surface area contributed by atoms with Gasteiger partial charge in [-0.25, -0.2) is 4.98 Å². The zero-order valence-electron chi connectivity index (χ0n) is 21.6. The number of carbonyl (C=O) groups is 2. The van der Waals surface area contributed by atoms with Gasteiger partial charge in [-0.15, -0.1) is 11.3 Å². The molecule has 0 bridgehead atoms. The molecule has 0 unspecified atom stereocenters. The summed E-state index contributed by atoms with van der Waals surface area (Å²) in [6.45, 7) is 8.02. The molecule has 3 aliphatic rings. The predicted octanol–water partition coefficient (Wildman–Crippen LogP) is 4.61. The lowest BCUT2D eigenvalue weighted by Crippen LogP contribution is -2.55. The first-order chi connectivity index (χ1) is 17.5. The van der Waals surface area contributed by atoms with Crippen LogP contribution in [0.5, 0.6) is 5.75 Å². The van der Waals surface area contributed by atoms with Crippen molar-refractivity contribution in [3.8, 4) is 5.75 Å². The fourth-order valence-electron chi connectivity index (χ4n) is 6.41. The number of rotatable bonds is 9. The Kier molecular flexibility index (Phi) is 7.93. The Hall–Kier alpha value is -2.03. The number of hydrogen-bond acceptors (Lipinski definition) is 7. The maximum Gasteiger partial charge on any atom is 0.220 e. The van der Waals surface area contributed by atoms with Gasteiger partial charge in [-0.1, -0.05) is 13.8 Å². The summed E-state index contributed by atoms with van der Waals surface area (Å²) in [5.41, 5.74) is 1.53. The minimum Gasteiger partial charge on any atom is -0.490 e. The van der Waals surface area contributed by atoms with Crippen LogP contribution < -0.4 is 10.1 Å². The molecule has 0 aromatic carbocycles. The number of ether oxygens (including phenoxy) is 2. The van der Waals surface area contributed by atoms with Crippen LogP contribution in [0.2, 0.25) is 0 Å². The average Bonchev–Trinajstić information content (AvgIpc) is 3.48. The van der Waals surface area contributed by atoms with Gasteiger partial charge in [0.2, 0.25) is 5.91 Å². The first kappa shape index (κ1) is 25.6. The second-order valence-corrected chi connectivity index (χ2v) is 11.6. The summed E-state index contributed by atoms with van der Waals surface area (Å²) in [6.07, 6.45) is 10.4. The summed E-state index contributed by atoms with van der Waals surface area (Å²) in [6, 6.07) is 2.01. The molecule has 1 saturated carbocycles. The van der Waals surface area contributed by atoms with Crippen LogP contribution >= 0.6 is 11.3 Å². The number of Topliss-reactive ketones (excluding diaryl/α,β-unsaturated/α-hetero) is 1. The highest BCUT2D eigenvalue weighted by molar-refractivity contribution is 7.19. The minimum atomic E-state index is -0.0494. The maximum atomic E-state index is 12.6. The Bertz CT molecular complexity index is 1090. The molecule has 1 atom stereocenters. The molecule has 2 fully saturated rings. The van der Waals surface area contributed by atoms with E-state index in [9.17, 15) is 9.59 Å². The third kappa shape index (κ3) is 5.18. The number of ketones is 1. The van der Waals surface area contributed by atoms with E-state index in [0.29, 0.717) is 12.8 Å². The largest absolute Gasteiger partial charge is 0.490 e. The summed E-state index contributed by atoms with van der Waals surface area (Å²) in [5.74, 6) is 1.08. The zero-order chi connectivity index (χ0) is 25.1. The van der Waals surface area contributed by atoms with E-state index in [1.54, 1.807) is 11.3 Å². The molecule has 5 rings (SSSR count). The van der Waals surface area contributed by atoms with Gasteiger partial charge in [0.15, 0.2) is 5.78 Å². The van der Waals surface area contributed by atoms with Crippen molar-refractivity contribution < 1.29 is 19.1 Å². The second kappa shape index (κ2) is 11.2. The van der Waals surface area contributed by atoms with Gasteiger partial charge in [0.25, 0.3) is 0 Å². The molecule has 1 N–H and O–H groups in total. The summed E-state index contributed by atoms with van der Waals surface area (Å²) in [4.78, 5) is 33.9. The quantitative estimate of drug-likeness (QED) is 0.527. The fraction of sp³-hybridized carbons (Fsp3) is 0.679. The lowest BCUT2D eigenvalue weighted by molar-refractivity contribution is -0.125. The summed E-state index contributed by atoms with van der Waals surface area (Å²) in [7, 11) is 0. The number of thiophene rings is 1. The van der Waals surface area contributed by atoms with E-state index in [1.807, 2.05) is 19.2 Å². The van der Waals surface area contributed by atoms with Gasteiger partial charge in [0, 0.05) is 42.5 Å². The van der Waals surface area contributed by atoms with Gasteiger partial charge in [-0.05, 0) is 62.5 Å². The van der Waals surface area contributed by atoms with Crippen molar-refractivity contribution in [2.24, 2.45) is 0 Å². The number of morpholine rings is 1. The number of pyridine rings is 1. The third-order valence-corrected chi connectivity index (χ3v) is 9.77. The molecule has 2 aromatic rings. The van der Waals surface area contributed by atoms with Gasteiger partial charge < -0.3 is 14.8 Å². The Labute approximate surface area is 217 Å². The van der Waals surface area contributed by atoms with E-state index >= 15 is 0 Å². The molecule has 8 heteroatoms. The van der Waals surface area contributed by atoms with Crippen molar-refractivity contribution in [3.63, 3.8) is 0 Å². The molecule has 1 saturated heterocycles. The summed E-state index contributed by atoms with van der Waals surface area (Å²) >= 11 is 1.74. The molecular formula is C28H39N3O4S. The number of aryl methyl sites for hydroxylation is 1. The minimum absolute atomic E-state index is 0.0494. The number of nitrogens with zero attached hydrogens (tertiary/aromatic N) is 2. The van der Waals surface area contributed by atoms with Crippen LogP contribution in [0.25, 0.3) is 10.2 Å². The number of carbonyl (C=O) groups excluding carboxylic acids is 2. The monoisotopic (exact) mass is 513 g/mol. The lowest BCUT2D eigenvalue weighted by atomic mass is 9.77. The van der Waals surface area contributed by atoms with E-state index in [1.165, 1.54) is 16.9 Å². The summed E-state index contributed by atoms with van der Waals surface area (Å²) < 4.78 is 12.3. The molecule has 1 amide bonds. The average molecular weight is 514 g/mol. The predicted molar refractivity (Wildman–Crippen MR) is 142 cm³/mol. The van der Waals surface area contributed by atoms with Crippen LogP contribution in [0.4, 0.5) is 0 Å². The third-order valence-electron chi connectivity index (χ3n) is 8.60. The van der Waals surface area contributed by atoms with Crippen molar-refractivity contribution >= 4 is 33.2 Å². The van der Waals surface area contributed by atoms with Gasteiger partial charge in [-0.3, -0.25) is 14.5 Å². The topological polar surface area (TPSA) is 80.8 Å². The molecule has 196 valence electrons. The Balaban J connectivity index is 1.29. The normalized spacial score (nSPS) is 26.6. The smallest absolute Gasteiger partial charge is 0.220 e. The molecule has 36 heavy (non-hydrogen) atoms. The van der Waals surface area contributed by atoms with E-state index in [2.05, 4.69) is 22.1 Å². The highest BCUT2D eigenvalue weighted by Crippen LogP contribution is 2.48. The fourth-order valence-corrected chi connectivity index (χ4v) is 7.67. The molecule has 3 heterocycles. The lowest BCUT2D eigenvalue weighted by Gasteiger charge is -2.49. The first-order valence-electron chi connectivity index (χ1n) is 13.7. The second-order valence-electron chi connectivity index (χ2n) is 10.5. The number of fused-ring (bicyclic) bond motifs is 3. The first-order valence-corrected chi connectivity index (χ1v) is 14.5. The number of nitrogens with one attached hydrogen (secondary N) is 1. The van der Waals surface area contributed by atoms with Gasteiger partial charge in [0.1, 0.15) is 10.6 Å². The Morgan fingerprint density at radius 2 is 2.00 bits per heavy atom. The van der Waals surface area contributed by atoms with E-state index in [-0.39, 0.29) is 35.8 Å². The maximum absolute atomic E-state index is 12.6. The highest BCUT2D eigenvalue weighted by Gasteiger charge is 2.40. The molecule has 2 aromatic heterocycles. The van der Waals surface area contributed by atoms with Crippen molar-refractivity contribution in [2.45, 2.75) is 89.2 Å². The van der Waals surface area contributed by atoms with Crippen LogP contribution in [-0.2, 0) is 20.7 Å². The number of hydrogen-bond donors (Lipinski definition) is 1. The molecule has 1 aliphatic heterocycles. The molecule has 2 aliphatic carbocycles. The van der Waals surface area contributed by atoms with E-state index in [4.69, 9.17) is 9.47 Å². The van der Waals surface area contributed by atoms with Crippen LogP contribution in [0, 0.1) is 0 Å².